The van der Waals surface area contributed by atoms with Crippen LogP contribution in [0.15, 0.2) is 64.1 Å². The highest BCUT2D eigenvalue weighted by molar-refractivity contribution is 9.10. The Hall–Kier alpha value is -1.45. The molecule has 0 saturated carbocycles. The number of nitrogens with one attached hydrogen (secondary N) is 1. The standard InChI is InChI=1S/C18H17BrN2/c1-18(2)20-15(12-8-10-14(19)11-9-12)17-16(21(17)18)13-6-4-3-5-7-13/h3-11,16-17H,1-2H3/p+1/t16-,17+,21?/m0/s1. The number of benzene rings is 2. The monoisotopic (exact) mass is 341 g/mol. The molecule has 0 spiro atoms. The van der Waals surface area contributed by atoms with E-state index in [2.05, 4.69) is 84.4 Å². The fraction of sp³-hybridized carbons (Fsp3) is 0.278. The Morgan fingerprint density at radius 2 is 1.62 bits per heavy atom. The maximum atomic E-state index is 4.99. The van der Waals surface area contributed by atoms with Crippen LogP contribution in [0.2, 0.25) is 0 Å². The molecule has 3 heteroatoms. The fourth-order valence-electron chi connectivity index (χ4n) is 3.66. The highest BCUT2D eigenvalue weighted by Gasteiger charge is 2.68. The summed E-state index contributed by atoms with van der Waals surface area (Å²) in [7, 11) is 0. The molecule has 2 aromatic rings. The lowest BCUT2D eigenvalue weighted by Crippen LogP contribution is -3.02. The number of halogens is 1. The highest BCUT2D eigenvalue weighted by atomic mass is 79.9. The topological polar surface area (TPSA) is 16.8 Å². The SMILES string of the molecule is CC1(C)N=C(c2ccc(Br)cc2)[C@@H]2[C@H](c3ccccc3)[NH+]21. The van der Waals surface area contributed by atoms with Crippen molar-refractivity contribution in [3.8, 4) is 0 Å². The number of fused-ring (bicyclic) bond motifs is 1. The van der Waals surface area contributed by atoms with Crippen LogP contribution in [0.1, 0.15) is 31.0 Å². The summed E-state index contributed by atoms with van der Waals surface area (Å²) in [6.07, 6.45) is 0. The quantitative estimate of drug-likeness (QED) is 0.809. The maximum absolute atomic E-state index is 4.99. The van der Waals surface area contributed by atoms with Crippen LogP contribution in [0, 0.1) is 0 Å². The van der Waals surface area contributed by atoms with Crippen LogP contribution in [-0.4, -0.2) is 17.4 Å². The average Bonchev–Trinajstić information content (AvgIpc) is 3.17. The van der Waals surface area contributed by atoms with Crippen LogP contribution in [0.5, 0.6) is 0 Å². The van der Waals surface area contributed by atoms with Gasteiger partial charge < -0.3 is 0 Å². The highest BCUT2D eigenvalue weighted by Crippen LogP contribution is 2.35. The molecule has 4 rings (SSSR count). The van der Waals surface area contributed by atoms with E-state index in [-0.39, 0.29) is 5.66 Å². The summed E-state index contributed by atoms with van der Waals surface area (Å²) in [5, 5.41) is 0. The number of hydrogen-bond acceptors (Lipinski definition) is 1. The summed E-state index contributed by atoms with van der Waals surface area (Å²) in [4.78, 5) is 6.57. The molecular formula is C18H18BrN2+. The molecule has 2 aliphatic rings. The van der Waals surface area contributed by atoms with Crippen LogP contribution < -0.4 is 4.90 Å². The number of nitrogens with zero attached hydrogens (tertiary/aromatic N) is 1. The van der Waals surface area contributed by atoms with E-state index in [0.717, 1.165) is 4.47 Å². The fourth-order valence-corrected chi connectivity index (χ4v) is 3.93. The summed E-state index contributed by atoms with van der Waals surface area (Å²) in [5.74, 6) is 0. The second-order valence-corrected chi connectivity index (χ2v) is 7.30. The summed E-state index contributed by atoms with van der Waals surface area (Å²) in [5.41, 5.74) is 3.91. The minimum Gasteiger partial charge on any atom is -0.288 e. The maximum Gasteiger partial charge on any atom is 0.190 e. The van der Waals surface area contributed by atoms with Crippen molar-refractivity contribution >= 4 is 21.6 Å². The second kappa shape index (κ2) is 4.52. The van der Waals surface area contributed by atoms with Gasteiger partial charge in [-0.1, -0.05) is 58.4 Å². The summed E-state index contributed by atoms with van der Waals surface area (Å²) in [6, 6.07) is 20.4. The van der Waals surface area contributed by atoms with Crippen molar-refractivity contribution in [3.05, 3.63) is 70.2 Å². The lowest BCUT2D eigenvalue weighted by atomic mass is 10.0. The molecule has 1 saturated heterocycles. The van der Waals surface area contributed by atoms with E-state index in [9.17, 15) is 0 Å². The van der Waals surface area contributed by atoms with Gasteiger partial charge in [0.25, 0.3) is 0 Å². The van der Waals surface area contributed by atoms with Gasteiger partial charge in [0.05, 0.1) is 0 Å². The molecule has 1 N–H and O–H groups in total. The predicted octanol–water partition coefficient (Wildman–Crippen LogP) is 3.00. The Kier molecular flexibility index (Phi) is 2.85. The van der Waals surface area contributed by atoms with E-state index >= 15 is 0 Å². The Bertz CT molecular complexity index is 704. The molecule has 3 atom stereocenters. The Morgan fingerprint density at radius 1 is 0.952 bits per heavy atom. The first-order valence-corrected chi connectivity index (χ1v) is 8.15. The molecule has 1 fully saturated rings. The first-order valence-electron chi connectivity index (χ1n) is 7.36. The molecular weight excluding hydrogens is 324 g/mol. The molecule has 0 aliphatic carbocycles. The lowest BCUT2D eigenvalue weighted by molar-refractivity contribution is -0.837. The third-order valence-electron chi connectivity index (χ3n) is 4.59. The van der Waals surface area contributed by atoms with Crippen LogP contribution in [-0.2, 0) is 0 Å². The van der Waals surface area contributed by atoms with Crippen molar-refractivity contribution in [1.29, 1.82) is 0 Å². The van der Waals surface area contributed by atoms with E-state index in [1.807, 2.05) is 0 Å². The Morgan fingerprint density at radius 3 is 2.29 bits per heavy atom. The second-order valence-electron chi connectivity index (χ2n) is 6.38. The number of hydrogen-bond donors (Lipinski definition) is 1. The zero-order valence-corrected chi connectivity index (χ0v) is 13.8. The van der Waals surface area contributed by atoms with Gasteiger partial charge in [-0.15, -0.1) is 0 Å². The minimum atomic E-state index is -0.0341. The van der Waals surface area contributed by atoms with E-state index < -0.39 is 0 Å². The van der Waals surface area contributed by atoms with Crippen molar-refractivity contribution in [2.45, 2.75) is 31.6 Å². The summed E-state index contributed by atoms with van der Waals surface area (Å²) in [6.45, 7) is 4.48. The molecule has 2 heterocycles. The first-order chi connectivity index (χ1) is 10.1. The molecule has 106 valence electrons. The minimum absolute atomic E-state index is 0.0341. The van der Waals surface area contributed by atoms with Gasteiger partial charge in [-0.25, -0.2) is 4.99 Å². The molecule has 0 radical (unpaired) electrons. The van der Waals surface area contributed by atoms with Gasteiger partial charge in [-0.2, -0.15) is 0 Å². The normalized spacial score (nSPS) is 28.9. The van der Waals surface area contributed by atoms with Crippen LogP contribution in [0.4, 0.5) is 0 Å². The molecule has 0 amide bonds. The number of rotatable bonds is 2. The Balaban J connectivity index is 1.72. The molecule has 1 unspecified atom stereocenters. The third-order valence-corrected chi connectivity index (χ3v) is 5.12. The Labute approximate surface area is 133 Å². The van der Waals surface area contributed by atoms with Crippen molar-refractivity contribution in [1.82, 2.24) is 0 Å². The molecule has 0 bridgehead atoms. The van der Waals surface area contributed by atoms with Gasteiger partial charge in [0.2, 0.25) is 0 Å². The van der Waals surface area contributed by atoms with Crippen molar-refractivity contribution in [2.75, 3.05) is 0 Å². The lowest BCUT2D eigenvalue weighted by Gasteiger charge is -2.16. The molecule has 0 aromatic heterocycles. The van der Waals surface area contributed by atoms with Crippen molar-refractivity contribution in [2.24, 2.45) is 4.99 Å². The molecule has 21 heavy (non-hydrogen) atoms. The molecule has 2 aromatic carbocycles. The molecule has 2 nitrogen and oxygen atoms in total. The van der Waals surface area contributed by atoms with Crippen molar-refractivity contribution in [3.63, 3.8) is 0 Å². The predicted molar refractivity (Wildman–Crippen MR) is 88.7 cm³/mol. The molecule has 2 aliphatic heterocycles. The smallest absolute Gasteiger partial charge is 0.190 e. The average molecular weight is 342 g/mol. The van der Waals surface area contributed by atoms with Crippen LogP contribution >= 0.6 is 15.9 Å². The summed E-state index contributed by atoms with van der Waals surface area (Å²) < 4.78 is 1.11. The van der Waals surface area contributed by atoms with Crippen LogP contribution in [0.25, 0.3) is 0 Å². The van der Waals surface area contributed by atoms with Crippen LogP contribution in [0.3, 0.4) is 0 Å². The number of quaternary nitrogens is 1. The van der Waals surface area contributed by atoms with Gasteiger partial charge >= 0.3 is 0 Å². The summed E-state index contributed by atoms with van der Waals surface area (Å²) >= 11 is 3.51. The first kappa shape index (κ1) is 13.2. The van der Waals surface area contributed by atoms with Gasteiger partial charge in [-0.3, -0.25) is 4.90 Å². The zero-order valence-electron chi connectivity index (χ0n) is 12.2. The van der Waals surface area contributed by atoms with E-state index in [4.69, 9.17) is 4.99 Å². The van der Waals surface area contributed by atoms with Crippen molar-refractivity contribution < 1.29 is 4.90 Å². The van der Waals surface area contributed by atoms with E-state index in [1.165, 1.54) is 16.8 Å². The van der Waals surface area contributed by atoms with E-state index in [1.54, 1.807) is 4.90 Å². The number of aliphatic imine (C=N–C) groups is 1. The van der Waals surface area contributed by atoms with Gasteiger partial charge in [0, 0.05) is 29.4 Å². The zero-order chi connectivity index (χ0) is 14.6. The van der Waals surface area contributed by atoms with E-state index in [0.29, 0.717) is 12.1 Å². The van der Waals surface area contributed by atoms with Gasteiger partial charge in [0.1, 0.15) is 5.71 Å². The largest absolute Gasteiger partial charge is 0.288 e. The van der Waals surface area contributed by atoms with Gasteiger partial charge in [0.15, 0.2) is 17.7 Å². The van der Waals surface area contributed by atoms with Gasteiger partial charge in [-0.05, 0) is 12.1 Å². The third kappa shape index (κ3) is 2.07.